The van der Waals surface area contributed by atoms with Gasteiger partial charge in [0.25, 0.3) is 0 Å². The number of rotatable bonds is 4. The minimum Gasteiger partial charge on any atom is -0.467 e. The van der Waals surface area contributed by atoms with E-state index in [2.05, 4.69) is 4.90 Å². The van der Waals surface area contributed by atoms with Crippen molar-refractivity contribution in [2.45, 2.75) is 77.0 Å². The number of nitrogens with zero attached hydrogens (tertiary/aromatic N) is 2. The van der Waals surface area contributed by atoms with Crippen molar-refractivity contribution in [2.75, 3.05) is 26.7 Å². The minimum absolute atomic E-state index is 0.0539. The van der Waals surface area contributed by atoms with Gasteiger partial charge >= 0.3 is 12.1 Å². The van der Waals surface area contributed by atoms with Crippen LogP contribution in [0.3, 0.4) is 0 Å². The third-order valence-corrected chi connectivity index (χ3v) is 6.92. The average molecular weight is 449 g/mol. The Morgan fingerprint density at radius 2 is 1.72 bits per heavy atom. The summed E-state index contributed by atoms with van der Waals surface area (Å²) in [4.78, 5) is 30.2. The van der Waals surface area contributed by atoms with E-state index in [0.717, 1.165) is 25.9 Å². The van der Waals surface area contributed by atoms with E-state index in [0.29, 0.717) is 18.9 Å². The van der Waals surface area contributed by atoms with Crippen molar-refractivity contribution in [2.24, 2.45) is 5.92 Å². The van der Waals surface area contributed by atoms with Crippen LogP contribution in [-0.2, 0) is 14.3 Å². The van der Waals surface area contributed by atoms with E-state index in [1.807, 2.05) is 46.8 Å². The predicted octanol–water partition coefficient (Wildman–Crippen LogP) is 4.58. The number of ether oxygens (including phenoxy) is 2. The highest BCUT2D eigenvalue weighted by Gasteiger charge is 2.58. The van der Waals surface area contributed by atoms with Gasteiger partial charge in [0, 0.05) is 12.6 Å². The molecule has 1 aromatic carbocycles. The molecule has 0 aromatic heterocycles. The molecule has 0 bridgehead atoms. The molecule has 2 saturated heterocycles. The largest absolute Gasteiger partial charge is 0.467 e. The standard InChI is InChI=1S/C25H37FN2O4/c1-17(2)25(22(29)31-6)15-21(16-28(25)23(30)32-24(3,4)5)27-13-11-19(12-14-27)18-7-9-20(26)10-8-18/h7-10,17,19,21H,11-16H2,1-6H3. The van der Waals surface area contributed by atoms with Crippen LogP contribution in [0.4, 0.5) is 9.18 Å². The number of carbonyl (C=O) groups is 2. The smallest absolute Gasteiger partial charge is 0.411 e. The highest BCUT2D eigenvalue weighted by atomic mass is 19.1. The minimum atomic E-state index is -1.05. The van der Waals surface area contributed by atoms with Crippen molar-refractivity contribution in [3.63, 3.8) is 0 Å². The summed E-state index contributed by atoms with van der Waals surface area (Å²) in [6.07, 6.45) is 1.97. The maximum atomic E-state index is 13.3. The number of amides is 1. The number of piperidine rings is 1. The van der Waals surface area contributed by atoms with Crippen molar-refractivity contribution in [1.82, 2.24) is 9.80 Å². The second-order valence-electron chi connectivity index (χ2n) is 10.4. The molecule has 0 N–H and O–H groups in total. The van der Waals surface area contributed by atoms with Gasteiger partial charge in [-0.25, -0.2) is 14.0 Å². The lowest BCUT2D eigenvalue weighted by Gasteiger charge is -2.39. The second kappa shape index (κ2) is 9.38. The Morgan fingerprint density at radius 3 is 2.22 bits per heavy atom. The van der Waals surface area contributed by atoms with E-state index in [1.165, 1.54) is 24.8 Å². The van der Waals surface area contributed by atoms with Crippen LogP contribution in [0.1, 0.15) is 65.4 Å². The molecule has 0 aliphatic carbocycles. The molecule has 2 unspecified atom stereocenters. The molecule has 0 radical (unpaired) electrons. The zero-order valence-electron chi connectivity index (χ0n) is 20.2. The Hall–Kier alpha value is -2.15. The first-order valence-corrected chi connectivity index (χ1v) is 11.6. The van der Waals surface area contributed by atoms with Gasteiger partial charge in [-0.15, -0.1) is 0 Å². The van der Waals surface area contributed by atoms with Crippen LogP contribution in [0.15, 0.2) is 24.3 Å². The Morgan fingerprint density at radius 1 is 1.12 bits per heavy atom. The lowest BCUT2D eigenvalue weighted by Crippen LogP contribution is -2.57. The van der Waals surface area contributed by atoms with Crippen molar-refractivity contribution < 1.29 is 23.5 Å². The molecule has 2 fully saturated rings. The Balaban J connectivity index is 1.77. The zero-order chi connectivity index (χ0) is 23.7. The first kappa shape index (κ1) is 24.5. The normalized spacial score (nSPS) is 25.2. The maximum Gasteiger partial charge on any atom is 0.411 e. The number of likely N-dealkylation sites (tertiary alicyclic amines) is 2. The first-order chi connectivity index (χ1) is 15.0. The van der Waals surface area contributed by atoms with Gasteiger partial charge in [-0.3, -0.25) is 9.80 Å². The summed E-state index contributed by atoms with van der Waals surface area (Å²) in [6, 6.07) is 6.83. The topological polar surface area (TPSA) is 59.1 Å². The summed E-state index contributed by atoms with van der Waals surface area (Å²) in [5.74, 6) is -0.329. The van der Waals surface area contributed by atoms with Crippen LogP contribution in [0, 0.1) is 11.7 Å². The summed E-state index contributed by atoms with van der Waals surface area (Å²) in [6.45, 7) is 11.6. The summed E-state index contributed by atoms with van der Waals surface area (Å²) >= 11 is 0. The number of hydrogen-bond acceptors (Lipinski definition) is 5. The van der Waals surface area contributed by atoms with Crippen LogP contribution >= 0.6 is 0 Å². The SMILES string of the molecule is COC(=O)C1(C(C)C)CC(N2CCC(c3ccc(F)cc3)CC2)CN1C(=O)OC(C)(C)C. The Kier molecular flexibility index (Phi) is 7.18. The van der Waals surface area contributed by atoms with E-state index in [-0.39, 0.29) is 23.7 Å². The highest BCUT2D eigenvalue weighted by molar-refractivity contribution is 5.87. The molecule has 0 spiro atoms. The summed E-state index contributed by atoms with van der Waals surface area (Å²) < 4.78 is 24.1. The van der Waals surface area contributed by atoms with Gasteiger partial charge in [0.1, 0.15) is 17.0 Å². The van der Waals surface area contributed by atoms with Gasteiger partial charge in [0.05, 0.1) is 7.11 Å². The molecular formula is C25H37FN2O4. The van der Waals surface area contributed by atoms with Gasteiger partial charge in [-0.05, 0) is 82.7 Å². The zero-order valence-corrected chi connectivity index (χ0v) is 20.2. The van der Waals surface area contributed by atoms with Gasteiger partial charge in [-0.1, -0.05) is 26.0 Å². The van der Waals surface area contributed by atoms with E-state index >= 15 is 0 Å². The van der Waals surface area contributed by atoms with Crippen molar-refractivity contribution in [1.29, 1.82) is 0 Å². The molecule has 2 aliphatic heterocycles. The molecule has 3 rings (SSSR count). The van der Waals surface area contributed by atoms with Crippen LogP contribution in [-0.4, -0.2) is 65.8 Å². The lowest BCUT2D eigenvalue weighted by atomic mass is 9.82. The molecule has 6 nitrogen and oxygen atoms in total. The van der Waals surface area contributed by atoms with Crippen molar-refractivity contribution in [3.8, 4) is 0 Å². The van der Waals surface area contributed by atoms with Gasteiger partial charge in [-0.2, -0.15) is 0 Å². The van der Waals surface area contributed by atoms with E-state index < -0.39 is 17.2 Å². The fourth-order valence-corrected chi connectivity index (χ4v) is 5.19. The molecule has 32 heavy (non-hydrogen) atoms. The number of carbonyl (C=O) groups excluding carboxylic acids is 2. The van der Waals surface area contributed by atoms with Crippen molar-refractivity contribution in [3.05, 3.63) is 35.6 Å². The molecule has 7 heteroatoms. The molecule has 1 amide bonds. The maximum absolute atomic E-state index is 13.3. The Bertz CT molecular complexity index is 812. The second-order valence-corrected chi connectivity index (χ2v) is 10.4. The molecule has 1 aromatic rings. The van der Waals surface area contributed by atoms with E-state index in [9.17, 15) is 14.0 Å². The average Bonchev–Trinajstić information content (AvgIpc) is 3.15. The molecule has 2 atom stereocenters. The fourth-order valence-electron chi connectivity index (χ4n) is 5.19. The molecule has 2 heterocycles. The highest BCUT2D eigenvalue weighted by Crippen LogP contribution is 2.41. The monoisotopic (exact) mass is 448 g/mol. The molecule has 0 saturated carbocycles. The number of benzene rings is 1. The predicted molar refractivity (Wildman–Crippen MR) is 121 cm³/mol. The summed E-state index contributed by atoms with van der Waals surface area (Å²) in [5, 5.41) is 0. The van der Waals surface area contributed by atoms with Crippen LogP contribution in [0.5, 0.6) is 0 Å². The quantitative estimate of drug-likeness (QED) is 0.631. The number of methoxy groups -OCH3 is 1. The van der Waals surface area contributed by atoms with Gasteiger partial charge in [0.2, 0.25) is 0 Å². The summed E-state index contributed by atoms with van der Waals surface area (Å²) in [7, 11) is 1.38. The van der Waals surface area contributed by atoms with Gasteiger partial charge in [0.15, 0.2) is 0 Å². The van der Waals surface area contributed by atoms with Gasteiger partial charge < -0.3 is 9.47 Å². The summed E-state index contributed by atoms with van der Waals surface area (Å²) in [5.41, 5.74) is -0.532. The van der Waals surface area contributed by atoms with E-state index in [4.69, 9.17) is 9.47 Å². The lowest BCUT2D eigenvalue weighted by molar-refractivity contribution is -0.156. The van der Waals surface area contributed by atoms with Crippen molar-refractivity contribution >= 4 is 12.1 Å². The number of hydrogen-bond donors (Lipinski definition) is 0. The third kappa shape index (κ3) is 4.92. The third-order valence-electron chi connectivity index (χ3n) is 6.92. The first-order valence-electron chi connectivity index (χ1n) is 11.6. The molecule has 178 valence electrons. The molecular weight excluding hydrogens is 411 g/mol. The Labute approximate surface area is 191 Å². The van der Waals surface area contributed by atoms with Crippen LogP contribution in [0.2, 0.25) is 0 Å². The van der Waals surface area contributed by atoms with Crippen LogP contribution in [0.25, 0.3) is 0 Å². The number of esters is 1. The van der Waals surface area contributed by atoms with E-state index in [1.54, 1.807) is 4.90 Å². The number of halogens is 1. The van der Waals surface area contributed by atoms with Crippen LogP contribution < -0.4 is 0 Å². The fraction of sp³-hybridized carbons (Fsp3) is 0.680. The molecule has 2 aliphatic rings.